The summed E-state index contributed by atoms with van der Waals surface area (Å²) in [6.07, 6.45) is 0. The number of aromatic nitrogens is 2. The third kappa shape index (κ3) is 1.92. The fraction of sp³-hybridized carbons (Fsp3) is 0.385. The lowest BCUT2D eigenvalue weighted by Crippen LogP contribution is -2.18. The number of nitrogens with one attached hydrogen (secondary N) is 1. The van der Waals surface area contributed by atoms with Crippen molar-refractivity contribution in [1.82, 2.24) is 9.55 Å². The fourth-order valence-corrected chi connectivity index (χ4v) is 2.07. The average Bonchev–Trinajstić information content (AvgIpc) is 2.62. The molecule has 0 amide bonds. The molecule has 0 fully saturated rings. The maximum absolute atomic E-state index is 11.8. The van der Waals surface area contributed by atoms with Crippen molar-refractivity contribution >= 4 is 17.0 Å². The van der Waals surface area contributed by atoms with Gasteiger partial charge in [-0.1, -0.05) is 6.07 Å². The molecule has 5 heteroatoms. The van der Waals surface area contributed by atoms with E-state index in [1.165, 1.54) is 0 Å². The Labute approximate surface area is 104 Å². The predicted octanol–water partition coefficient (Wildman–Crippen LogP) is 2.10. The van der Waals surface area contributed by atoms with Gasteiger partial charge in [0, 0.05) is 6.04 Å². The first-order chi connectivity index (χ1) is 8.41. The summed E-state index contributed by atoms with van der Waals surface area (Å²) in [7, 11) is 0. The molecule has 5 nitrogen and oxygen atoms in total. The number of carboxylic acids is 1. The Kier molecular flexibility index (Phi) is 2.98. The largest absolute Gasteiger partial charge is 0.481 e. The van der Waals surface area contributed by atoms with Crippen molar-refractivity contribution in [2.45, 2.75) is 32.7 Å². The zero-order valence-electron chi connectivity index (χ0n) is 10.6. The summed E-state index contributed by atoms with van der Waals surface area (Å²) in [5.41, 5.74) is 2.00. The summed E-state index contributed by atoms with van der Waals surface area (Å²) in [4.78, 5) is 25.5. The van der Waals surface area contributed by atoms with Crippen molar-refractivity contribution in [3.8, 4) is 0 Å². The van der Waals surface area contributed by atoms with Crippen LogP contribution in [-0.4, -0.2) is 20.6 Å². The molecule has 18 heavy (non-hydrogen) atoms. The van der Waals surface area contributed by atoms with E-state index >= 15 is 0 Å². The van der Waals surface area contributed by atoms with Gasteiger partial charge in [0.2, 0.25) is 0 Å². The minimum atomic E-state index is -0.875. The van der Waals surface area contributed by atoms with Crippen LogP contribution in [0, 0.1) is 0 Å². The molecule has 1 unspecified atom stereocenters. The Morgan fingerprint density at radius 1 is 1.33 bits per heavy atom. The molecule has 1 atom stereocenters. The van der Waals surface area contributed by atoms with Gasteiger partial charge >= 0.3 is 11.7 Å². The van der Waals surface area contributed by atoms with Gasteiger partial charge in [0.05, 0.1) is 17.0 Å². The van der Waals surface area contributed by atoms with Crippen molar-refractivity contribution in [2.24, 2.45) is 0 Å². The zero-order valence-corrected chi connectivity index (χ0v) is 10.6. The minimum absolute atomic E-state index is 0.0639. The Balaban J connectivity index is 2.61. The molecule has 1 heterocycles. The lowest BCUT2D eigenvalue weighted by Gasteiger charge is -2.09. The van der Waals surface area contributed by atoms with Crippen LogP contribution in [0.3, 0.4) is 0 Å². The van der Waals surface area contributed by atoms with Crippen molar-refractivity contribution in [3.05, 3.63) is 34.2 Å². The molecule has 0 radical (unpaired) electrons. The number of hydrogen-bond donors (Lipinski definition) is 2. The van der Waals surface area contributed by atoms with E-state index in [4.69, 9.17) is 5.11 Å². The van der Waals surface area contributed by atoms with Crippen LogP contribution < -0.4 is 5.69 Å². The van der Waals surface area contributed by atoms with Gasteiger partial charge in [0.1, 0.15) is 0 Å². The maximum Gasteiger partial charge on any atom is 0.326 e. The topological polar surface area (TPSA) is 75.1 Å². The van der Waals surface area contributed by atoms with Crippen LogP contribution in [-0.2, 0) is 4.79 Å². The summed E-state index contributed by atoms with van der Waals surface area (Å²) in [6, 6.07) is 5.35. The molecule has 1 aromatic carbocycles. The van der Waals surface area contributed by atoms with E-state index in [1.807, 2.05) is 13.8 Å². The Morgan fingerprint density at radius 3 is 2.56 bits per heavy atom. The number of hydrogen-bond acceptors (Lipinski definition) is 2. The van der Waals surface area contributed by atoms with Crippen LogP contribution in [0.2, 0.25) is 0 Å². The molecule has 2 rings (SSSR count). The van der Waals surface area contributed by atoms with E-state index in [-0.39, 0.29) is 11.7 Å². The second kappa shape index (κ2) is 4.33. The second-order valence-corrected chi connectivity index (χ2v) is 4.73. The van der Waals surface area contributed by atoms with Gasteiger partial charge in [-0.05, 0) is 38.5 Å². The molecule has 96 valence electrons. The third-order valence-corrected chi connectivity index (χ3v) is 3.13. The second-order valence-electron chi connectivity index (χ2n) is 4.73. The van der Waals surface area contributed by atoms with Crippen LogP contribution in [0.4, 0.5) is 0 Å². The number of carbonyl (C=O) groups is 1. The lowest BCUT2D eigenvalue weighted by molar-refractivity contribution is -0.138. The first kappa shape index (κ1) is 12.4. The van der Waals surface area contributed by atoms with Gasteiger partial charge in [0.25, 0.3) is 0 Å². The van der Waals surface area contributed by atoms with Gasteiger partial charge in [-0.3, -0.25) is 9.36 Å². The van der Waals surface area contributed by atoms with Crippen LogP contribution in [0.25, 0.3) is 11.0 Å². The molecular weight excluding hydrogens is 232 g/mol. The van der Waals surface area contributed by atoms with E-state index in [9.17, 15) is 9.59 Å². The van der Waals surface area contributed by atoms with E-state index in [0.717, 1.165) is 5.52 Å². The Morgan fingerprint density at radius 2 is 2.00 bits per heavy atom. The normalized spacial score (nSPS) is 13.1. The summed E-state index contributed by atoms with van der Waals surface area (Å²) < 4.78 is 1.66. The zero-order chi connectivity index (χ0) is 13.4. The molecule has 0 spiro atoms. The Hall–Kier alpha value is -2.04. The van der Waals surface area contributed by atoms with Crippen molar-refractivity contribution in [2.75, 3.05) is 0 Å². The van der Waals surface area contributed by atoms with Gasteiger partial charge < -0.3 is 10.1 Å². The molecule has 0 aliphatic heterocycles. The van der Waals surface area contributed by atoms with Crippen molar-refractivity contribution < 1.29 is 9.90 Å². The average molecular weight is 248 g/mol. The summed E-state index contributed by atoms with van der Waals surface area (Å²) in [5, 5.41) is 8.98. The highest BCUT2D eigenvalue weighted by molar-refractivity contribution is 5.80. The highest BCUT2D eigenvalue weighted by Gasteiger charge is 2.16. The van der Waals surface area contributed by atoms with Crippen LogP contribution in [0.15, 0.2) is 23.0 Å². The number of benzene rings is 1. The van der Waals surface area contributed by atoms with E-state index in [0.29, 0.717) is 11.1 Å². The van der Waals surface area contributed by atoms with Crippen LogP contribution >= 0.6 is 0 Å². The van der Waals surface area contributed by atoms with Crippen LogP contribution in [0.5, 0.6) is 0 Å². The lowest BCUT2D eigenvalue weighted by atomic mass is 10.0. The van der Waals surface area contributed by atoms with Crippen LogP contribution in [0.1, 0.15) is 38.3 Å². The molecular formula is C13H16N2O3. The number of aliphatic carboxylic acids is 1. The van der Waals surface area contributed by atoms with E-state index in [1.54, 1.807) is 29.7 Å². The molecule has 0 saturated carbocycles. The number of H-pyrrole nitrogens is 1. The smallest absolute Gasteiger partial charge is 0.326 e. The number of imidazole rings is 1. The van der Waals surface area contributed by atoms with Crippen molar-refractivity contribution in [1.29, 1.82) is 0 Å². The highest BCUT2D eigenvalue weighted by atomic mass is 16.4. The summed E-state index contributed by atoms with van der Waals surface area (Å²) in [5.74, 6) is -1.46. The number of aromatic amines is 1. The molecule has 0 aliphatic carbocycles. The van der Waals surface area contributed by atoms with E-state index < -0.39 is 11.9 Å². The maximum atomic E-state index is 11.8. The van der Waals surface area contributed by atoms with Gasteiger partial charge in [-0.25, -0.2) is 4.79 Å². The highest BCUT2D eigenvalue weighted by Crippen LogP contribution is 2.21. The quantitative estimate of drug-likeness (QED) is 0.873. The predicted molar refractivity (Wildman–Crippen MR) is 69.0 cm³/mol. The minimum Gasteiger partial charge on any atom is -0.481 e. The summed E-state index contributed by atoms with van der Waals surface area (Å²) in [6.45, 7) is 5.49. The summed E-state index contributed by atoms with van der Waals surface area (Å²) >= 11 is 0. The third-order valence-electron chi connectivity index (χ3n) is 3.13. The molecule has 0 bridgehead atoms. The SMILES string of the molecule is CC(C(=O)O)c1ccc2c(c1)[nH]c(=O)n2C(C)C. The first-order valence-corrected chi connectivity index (χ1v) is 5.88. The molecule has 0 aliphatic rings. The van der Waals surface area contributed by atoms with Gasteiger partial charge in [-0.15, -0.1) is 0 Å². The monoisotopic (exact) mass is 248 g/mol. The van der Waals surface area contributed by atoms with E-state index in [2.05, 4.69) is 4.98 Å². The Bertz CT molecular complexity index is 652. The molecule has 1 aromatic heterocycles. The molecule has 0 saturated heterocycles. The van der Waals surface area contributed by atoms with Gasteiger partial charge in [-0.2, -0.15) is 0 Å². The number of rotatable bonds is 3. The number of fused-ring (bicyclic) bond motifs is 1. The molecule has 2 aromatic rings. The number of carboxylic acid groups (broad SMARTS) is 1. The van der Waals surface area contributed by atoms with Crippen molar-refractivity contribution in [3.63, 3.8) is 0 Å². The fourth-order valence-electron chi connectivity index (χ4n) is 2.07. The number of nitrogens with zero attached hydrogens (tertiary/aromatic N) is 1. The van der Waals surface area contributed by atoms with Gasteiger partial charge in [0.15, 0.2) is 0 Å². The molecule has 2 N–H and O–H groups in total. The standard InChI is InChI=1S/C13H16N2O3/c1-7(2)15-11-5-4-9(8(3)12(16)17)6-10(11)14-13(15)18/h4-8H,1-3H3,(H,14,18)(H,16,17). The first-order valence-electron chi connectivity index (χ1n) is 5.88.